The number of hydrogen-bond donors (Lipinski definition) is 2. The average Bonchev–Trinajstić information content (AvgIpc) is 2.59. The highest BCUT2D eigenvalue weighted by Crippen LogP contribution is 2.21. The van der Waals surface area contributed by atoms with Crippen LogP contribution in [0.5, 0.6) is 0 Å². The van der Waals surface area contributed by atoms with Crippen molar-refractivity contribution in [2.24, 2.45) is 7.05 Å². The number of rotatable bonds is 2. The van der Waals surface area contributed by atoms with Crippen molar-refractivity contribution in [3.05, 3.63) is 11.8 Å². The van der Waals surface area contributed by atoms with Gasteiger partial charge in [-0.15, -0.1) is 0 Å². The molecule has 0 spiro atoms. The predicted molar refractivity (Wildman–Crippen MR) is 68.0 cm³/mol. The van der Waals surface area contributed by atoms with E-state index >= 15 is 0 Å². The van der Waals surface area contributed by atoms with Crippen molar-refractivity contribution in [1.82, 2.24) is 14.7 Å². The van der Waals surface area contributed by atoms with Crippen LogP contribution in [-0.4, -0.2) is 44.9 Å². The molecule has 1 aliphatic heterocycles. The van der Waals surface area contributed by atoms with Gasteiger partial charge >= 0.3 is 0 Å². The molecule has 100 valence electrons. The standard InChI is InChI=1S/C12H20N4O2/c1-15-11(13)10(7-14-15)12(18)16-6-4-2-3-5-9(16)8-17/h7,9,17H,2-6,8,13H2,1H3. The van der Waals surface area contributed by atoms with Crippen LogP contribution in [-0.2, 0) is 7.05 Å². The van der Waals surface area contributed by atoms with E-state index in [-0.39, 0.29) is 18.6 Å². The van der Waals surface area contributed by atoms with E-state index in [1.807, 2.05) is 0 Å². The van der Waals surface area contributed by atoms with Crippen molar-refractivity contribution >= 4 is 11.7 Å². The van der Waals surface area contributed by atoms with Crippen molar-refractivity contribution in [2.45, 2.75) is 31.7 Å². The summed E-state index contributed by atoms with van der Waals surface area (Å²) in [4.78, 5) is 14.2. The zero-order chi connectivity index (χ0) is 13.1. The van der Waals surface area contributed by atoms with Crippen LogP contribution in [0.15, 0.2) is 6.20 Å². The summed E-state index contributed by atoms with van der Waals surface area (Å²) in [6, 6.07) is -0.0976. The second kappa shape index (κ2) is 5.39. The second-order valence-electron chi connectivity index (χ2n) is 4.75. The summed E-state index contributed by atoms with van der Waals surface area (Å²) < 4.78 is 1.49. The molecule has 0 bridgehead atoms. The number of aliphatic hydroxyl groups excluding tert-OH is 1. The van der Waals surface area contributed by atoms with Gasteiger partial charge in [0.2, 0.25) is 0 Å². The Labute approximate surface area is 106 Å². The molecule has 2 rings (SSSR count). The lowest BCUT2D eigenvalue weighted by molar-refractivity contribution is 0.0601. The Kier molecular flexibility index (Phi) is 3.86. The number of carbonyl (C=O) groups is 1. The Morgan fingerprint density at radius 3 is 2.94 bits per heavy atom. The maximum absolute atomic E-state index is 12.4. The molecule has 1 aromatic heterocycles. The fourth-order valence-corrected chi connectivity index (χ4v) is 2.40. The number of amides is 1. The van der Waals surface area contributed by atoms with Crippen LogP contribution >= 0.6 is 0 Å². The number of aliphatic hydroxyl groups is 1. The zero-order valence-electron chi connectivity index (χ0n) is 10.7. The van der Waals surface area contributed by atoms with Gasteiger partial charge in [-0.25, -0.2) is 0 Å². The highest BCUT2D eigenvalue weighted by atomic mass is 16.3. The van der Waals surface area contributed by atoms with E-state index in [1.54, 1.807) is 11.9 Å². The number of hydrogen-bond acceptors (Lipinski definition) is 4. The molecule has 3 N–H and O–H groups in total. The van der Waals surface area contributed by atoms with E-state index in [0.717, 1.165) is 25.7 Å². The van der Waals surface area contributed by atoms with Crippen LogP contribution < -0.4 is 5.73 Å². The molecule has 0 aromatic carbocycles. The average molecular weight is 252 g/mol. The summed E-state index contributed by atoms with van der Waals surface area (Å²) in [5.74, 6) is 0.252. The number of anilines is 1. The fourth-order valence-electron chi connectivity index (χ4n) is 2.40. The first-order valence-electron chi connectivity index (χ1n) is 6.34. The summed E-state index contributed by atoms with van der Waals surface area (Å²) in [6.45, 7) is 0.685. The third kappa shape index (κ3) is 2.33. The van der Waals surface area contributed by atoms with Gasteiger partial charge in [-0.2, -0.15) is 5.10 Å². The van der Waals surface area contributed by atoms with Gasteiger partial charge in [0.1, 0.15) is 11.4 Å². The summed E-state index contributed by atoms with van der Waals surface area (Å²) >= 11 is 0. The predicted octanol–water partition coefficient (Wildman–Crippen LogP) is 0.379. The first kappa shape index (κ1) is 12.9. The minimum atomic E-state index is -0.124. The molecular formula is C12H20N4O2. The summed E-state index contributed by atoms with van der Waals surface area (Å²) in [7, 11) is 1.71. The maximum atomic E-state index is 12.4. The van der Waals surface area contributed by atoms with Crippen LogP contribution in [0.2, 0.25) is 0 Å². The van der Waals surface area contributed by atoms with Gasteiger partial charge in [0.25, 0.3) is 5.91 Å². The summed E-state index contributed by atoms with van der Waals surface area (Å²) in [5, 5.41) is 13.4. The zero-order valence-corrected chi connectivity index (χ0v) is 10.7. The molecule has 1 aliphatic rings. The van der Waals surface area contributed by atoms with Gasteiger partial charge in [0, 0.05) is 13.6 Å². The summed E-state index contributed by atoms with van der Waals surface area (Å²) in [5.41, 5.74) is 6.26. The largest absolute Gasteiger partial charge is 0.394 e. The van der Waals surface area contributed by atoms with Gasteiger partial charge in [0.05, 0.1) is 18.8 Å². The van der Waals surface area contributed by atoms with Crippen LogP contribution in [0.25, 0.3) is 0 Å². The summed E-state index contributed by atoms with van der Waals surface area (Å²) in [6.07, 6.45) is 5.47. The molecule has 1 atom stereocenters. The quantitative estimate of drug-likeness (QED) is 0.797. The minimum Gasteiger partial charge on any atom is -0.394 e. The first-order valence-corrected chi connectivity index (χ1v) is 6.34. The SMILES string of the molecule is Cn1ncc(C(=O)N2CCCCCC2CO)c1N. The number of aromatic nitrogens is 2. The van der Waals surface area contributed by atoms with Crippen LogP contribution in [0, 0.1) is 0 Å². The molecule has 0 aliphatic carbocycles. The Morgan fingerprint density at radius 2 is 2.33 bits per heavy atom. The Morgan fingerprint density at radius 1 is 1.56 bits per heavy atom. The monoisotopic (exact) mass is 252 g/mol. The number of likely N-dealkylation sites (tertiary alicyclic amines) is 1. The molecule has 0 saturated carbocycles. The van der Waals surface area contributed by atoms with Crippen molar-refractivity contribution < 1.29 is 9.90 Å². The van der Waals surface area contributed by atoms with Crippen LogP contribution in [0.3, 0.4) is 0 Å². The van der Waals surface area contributed by atoms with Crippen molar-refractivity contribution in [3.63, 3.8) is 0 Å². The molecule has 0 radical (unpaired) electrons. The first-order chi connectivity index (χ1) is 8.65. The van der Waals surface area contributed by atoms with Gasteiger partial charge in [-0.05, 0) is 12.8 Å². The highest BCUT2D eigenvalue weighted by Gasteiger charge is 2.27. The Balaban J connectivity index is 2.22. The van der Waals surface area contributed by atoms with Gasteiger partial charge in [-0.3, -0.25) is 9.48 Å². The molecule has 1 amide bonds. The van der Waals surface area contributed by atoms with Crippen molar-refractivity contribution in [2.75, 3.05) is 18.9 Å². The second-order valence-corrected chi connectivity index (χ2v) is 4.75. The Hall–Kier alpha value is -1.56. The van der Waals surface area contributed by atoms with Gasteiger partial charge < -0.3 is 15.7 Å². The number of nitrogens with two attached hydrogens (primary N) is 1. The van der Waals surface area contributed by atoms with Crippen molar-refractivity contribution in [3.8, 4) is 0 Å². The van der Waals surface area contributed by atoms with Gasteiger partial charge in [-0.1, -0.05) is 12.8 Å². The smallest absolute Gasteiger partial charge is 0.259 e. The minimum absolute atomic E-state index is 0.00586. The van der Waals surface area contributed by atoms with E-state index in [2.05, 4.69) is 5.10 Å². The number of aryl methyl sites for hydroxylation is 1. The Bertz CT molecular complexity index is 430. The number of carbonyl (C=O) groups excluding carboxylic acids is 1. The highest BCUT2D eigenvalue weighted by molar-refractivity contribution is 5.98. The molecule has 1 fully saturated rings. The molecular weight excluding hydrogens is 232 g/mol. The molecule has 1 saturated heterocycles. The molecule has 1 unspecified atom stereocenters. The van der Waals surface area contributed by atoms with Crippen LogP contribution in [0.4, 0.5) is 5.82 Å². The molecule has 6 nitrogen and oxygen atoms in total. The lowest BCUT2D eigenvalue weighted by atomic mass is 10.1. The van der Waals surface area contributed by atoms with E-state index in [9.17, 15) is 9.90 Å². The van der Waals surface area contributed by atoms with E-state index in [0.29, 0.717) is 17.9 Å². The molecule has 1 aromatic rings. The van der Waals surface area contributed by atoms with E-state index in [1.165, 1.54) is 10.9 Å². The normalized spacial score (nSPS) is 20.8. The molecule has 2 heterocycles. The van der Waals surface area contributed by atoms with E-state index in [4.69, 9.17) is 5.73 Å². The molecule has 6 heteroatoms. The fraction of sp³-hybridized carbons (Fsp3) is 0.667. The number of nitrogen functional groups attached to an aromatic ring is 1. The topological polar surface area (TPSA) is 84.4 Å². The maximum Gasteiger partial charge on any atom is 0.259 e. The third-order valence-corrected chi connectivity index (χ3v) is 3.56. The lowest BCUT2D eigenvalue weighted by Crippen LogP contribution is -2.42. The third-order valence-electron chi connectivity index (χ3n) is 3.56. The van der Waals surface area contributed by atoms with Crippen LogP contribution in [0.1, 0.15) is 36.0 Å². The van der Waals surface area contributed by atoms with E-state index < -0.39 is 0 Å². The van der Waals surface area contributed by atoms with Crippen molar-refractivity contribution in [1.29, 1.82) is 0 Å². The lowest BCUT2D eigenvalue weighted by Gasteiger charge is -2.28. The van der Waals surface area contributed by atoms with Gasteiger partial charge in [0.15, 0.2) is 0 Å². The molecule has 18 heavy (non-hydrogen) atoms. The number of nitrogens with zero attached hydrogens (tertiary/aromatic N) is 3.